The summed E-state index contributed by atoms with van der Waals surface area (Å²) in [5, 5.41) is 3.01. The fourth-order valence-electron chi connectivity index (χ4n) is 6.97. The van der Waals surface area contributed by atoms with Crippen molar-refractivity contribution in [2.45, 2.75) is 232 Å². The number of nitrogens with one attached hydrogen (secondary N) is 1. The molecule has 0 bridgehead atoms. The summed E-state index contributed by atoms with van der Waals surface area (Å²) in [7, 11) is 1.46. The lowest BCUT2D eigenvalue weighted by atomic mass is 10.0. The molecule has 0 saturated carbocycles. The van der Waals surface area contributed by atoms with Crippen molar-refractivity contribution in [3.8, 4) is 0 Å². The van der Waals surface area contributed by atoms with Crippen molar-refractivity contribution in [3.63, 3.8) is 0 Å². The zero-order chi connectivity index (χ0) is 45.8. The summed E-state index contributed by atoms with van der Waals surface area (Å²) in [6.45, 7) is 6.90. The summed E-state index contributed by atoms with van der Waals surface area (Å²) in [5.41, 5.74) is 0. The number of hydrogen-bond donors (Lipinski definition) is 2. The molecule has 1 amide bonds. The maximum Gasteiger partial charge on any atom is 0.472 e. The number of unbranched alkanes of at least 4 members (excludes halogenated alkanes) is 23. The Morgan fingerprint density at radius 3 is 1.55 bits per heavy atom. The Hall–Kier alpha value is -2.03. The van der Waals surface area contributed by atoms with E-state index in [0.717, 1.165) is 77.0 Å². The van der Waals surface area contributed by atoms with Crippen molar-refractivity contribution in [3.05, 3.63) is 48.6 Å². The van der Waals surface area contributed by atoms with Crippen LogP contribution in [-0.2, 0) is 27.9 Å². The highest BCUT2D eigenvalue weighted by molar-refractivity contribution is 7.47. The van der Waals surface area contributed by atoms with Gasteiger partial charge in [-0.25, -0.2) is 4.57 Å². The van der Waals surface area contributed by atoms with Crippen LogP contribution in [0.25, 0.3) is 0 Å². The fraction of sp³-hybridized carbons (Fsp3) is 0.808. The Bertz CT molecular complexity index is 1210. The highest BCUT2D eigenvalue weighted by Crippen LogP contribution is 2.43. The van der Waals surface area contributed by atoms with Gasteiger partial charge in [0.25, 0.3) is 0 Å². The van der Waals surface area contributed by atoms with E-state index >= 15 is 0 Å². The summed E-state index contributed by atoms with van der Waals surface area (Å²) in [4.78, 5) is 37.3. The molecular formula is C52H98N2O7P+. The normalized spacial score (nSPS) is 14.4. The first-order valence-electron chi connectivity index (χ1n) is 25.5. The minimum absolute atomic E-state index is 0.0308. The predicted molar refractivity (Wildman–Crippen MR) is 263 cm³/mol. The van der Waals surface area contributed by atoms with Gasteiger partial charge in [0.15, 0.2) is 0 Å². The van der Waals surface area contributed by atoms with Gasteiger partial charge in [-0.05, 0) is 70.3 Å². The highest BCUT2D eigenvalue weighted by atomic mass is 31.2. The Labute approximate surface area is 382 Å². The number of phosphoric acid groups is 1. The molecule has 0 aliphatic carbocycles. The summed E-state index contributed by atoms with van der Waals surface area (Å²) < 4.78 is 30.4. The molecule has 362 valence electrons. The third kappa shape index (κ3) is 43.2. The number of quaternary nitrogens is 1. The molecule has 3 atom stereocenters. The van der Waals surface area contributed by atoms with E-state index in [1.165, 1.54) is 103 Å². The standard InChI is InChI=1S/C52H97N2O7P/c1-7-10-13-16-19-22-25-27-30-33-36-39-42-45-52(56)61-50(43-40-37-34-31-29-26-23-20-17-14-11-8-2)49(48-60-62(57,58)59-47-46-54(4,5)6)53-51(55)44-41-38-35-32-28-24-21-18-15-12-9-3/h18,21,27,30,36,39-40,43,49-50H,7-17,19-20,22-26,28-29,31-35,37-38,41-42,44-48H2,1-6H3,(H-,53,55,57,58)/p+1/b21-18-,30-27-,39-36+,43-40+. The third-order valence-electron chi connectivity index (χ3n) is 11.0. The second-order valence-corrected chi connectivity index (χ2v) is 19.8. The molecule has 9 nitrogen and oxygen atoms in total. The SMILES string of the molecule is CCCC/C=C\CCCCCCCC(=O)NC(COP(=O)(O)OCC[N+](C)(C)C)C(/C=C/CCCCCCCCCCCC)OC(=O)CC/C=C/C/C=C\CCCCCCCC. The van der Waals surface area contributed by atoms with Crippen LogP contribution in [0.2, 0.25) is 0 Å². The van der Waals surface area contributed by atoms with Crippen LogP contribution in [0, 0.1) is 0 Å². The molecule has 3 unspecified atom stereocenters. The Balaban J connectivity index is 5.55. The summed E-state index contributed by atoms with van der Waals surface area (Å²) in [6, 6.07) is -0.871. The number of amides is 1. The number of carbonyl (C=O) groups excluding carboxylic acids is 2. The highest BCUT2D eigenvalue weighted by Gasteiger charge is 2.30. The topological polar surface area (TPSA) is 111 Å². The largest absolute Gasteiger partial charge is 0.472 e. The molecule has 0 spiro atoms. The third-order valence-corrected chi connectivity index (χ3v) is 12.0. The van der Waals surface area contributed by atoms with E-state index in [0.29, 0.717) is 23.9 Å². The van der Waals surface area contributed by atoms with Crippen LogP contribution in [-0.4, -0.2) is 74.3 Å². The van der Waals surface area contributed by atoms with E-state index in [4.69, 9.17) is 13.8 Å². The Kier molecular flexibility index (Phi) is 41.5. The van der Waals surface area contributed by atoms with Gasteiger partial charge in [0, 0.05) is 12.8 Å². The van der Waals surface area contributed by atoms with E-state index in [2.05, 4.69) is 56.5 Å². The number of nitrogens with zero attached hydrogens (tertiary/aromatic N) is 1. The van der Waals surface area contributed by atoms with Crippen molar-refractivity contribution in [2.75, 3.05) is 40.9 Å². The van der Waals surface area contributed by atoms with Gasteiger partial charge >= 0.3 is 13.8 Å². The Morgan fingerprint density at radius 1 is 0.565 bits per heavy atom. The van der Waals surface area contributed by atoms with Crippen LogP contribution in [0.4, 0.5) is 0 Å². The van der Waals surface area contributed by atoms with Crippen LogP contribution < -0.4 is 5.32 Å². The van der Waals surface area contributed by atoms with E-state index < -0.39 is 25.9 Å². The molecule has 0 radical (unpaired) electrons. The second kappa shape index (κ2) is 42.9. The van der Waals surface area contributed by atoms with Gasteiger partial charge in [0.1, 0.15) is 19.3 Å². The zero-order valence-corrected chi connectivity index (χ0v) is 42.0. The quantitative estimate of drug-likeness (QED) is 0.0206. The first kappa shape index (κ1) is 60.0. The first-order chi connectivity index (χ1) is 29.9. The number of phosphoric ester groups is 1. The molecule has 0 fully saturated rings. The van der Waals surface area contributed by atoms with Gasteiger partial charge in [0.05, 0.1) is 33.8 Å². The number of esters is 1. The van der Waals surface area contributed by atoms with Crippen molar-refractivity contribution in [1.29, 1.82) is 0 Å². The van der Waals surface area contributed by atoms with Crippen molar-refractivity contribution in [2.24, 2.45) is 0 Å². The summed E-state index contributed by atoms with van der Waals surface area (Å²) in [5.74, 6) is -0.597. The van der Waals surface area contributed by atoms with Gasteiger partial charge in [-0.2, -0.15) is 0 Å². The molecule has 0 aliphatic rings. The average Bonchev–Trinajstić information content (AvgIpc) is 3.22. The molecule has 0 aliphatic heterocycles. The lowest BCUT2D eigenvalue weighted by Gasteiger charge is -2.27. The monoisotopic (exact) mass is 894 g/mol. The average molecular weight is 894 g/mol. The van der Waals surface area contributed by atoms with E-state index in [1.54, 1.807) is 0 Å². The van der Waals surface area contributed by atoms with E-state index in [9.17, 15) is 19.0 Å². The maximum atomic E-state index is 13.4. The number of likely N-dealkylation sites (N-methyl/N-ethyl adjacent to an activating group) is 1. The minimum atomic E-state index is -4.45. The van der Waals surface area contributed by atoms with Crippen molar-refractivity contribution in [1.82, 2.24) is 5.32 Å². The summed E-state index contributed by atoms with van der Waals surface area (Å²) in [6.07, 6.45) is 49.8. The van der Waals surface area contributed by atoms with Crippen LogP contribution in [0.15, 0.2) is 48.6 Å². The van der Waals surface area contributed by atoms with Gasteiger partial charge in [-0.15, -0.1) is 0 Å². The number of rotatable bonds is 45. The fourth-order valence-corrected chi connectivity index (χ4v) is 7.71. The second-order valence-electron chi connectivity index (χ2n) is 18.3. The first-order valence-corrected chi connectivity index (χ1v) is 27.0. The molecule has 62 heavy (non-hydrogen) atoms. The predicted octanol–water partition coefficient (Wildman–Crippen LogP) is 14.6. The van der Waals surface area contributed by atoms with Crippen LogP contribution in [0.1, 0.15) is 220 Å². The molecule has 10 heteroatoms. The molecule has 0 heterocycles. The van der Waals surface area contributed by atoms with Crippen molar-refractivity contribution < 1.29 is 37.3 Å². The van der Waals surface area contributed by atoms with E-state index in [1.807, 2.05) is 39.4 Å². The number of allylic oxidation sites excluding steroid dienone is 7. The molecule has 0 saturated heterocycles. The van der Waals surface area contributed by atoms with Gasteiger partial charge in [-0.3, -0.25) is 18.6 Å². The lowest BCUT2D eigenvalue weighted by Crippen LogP contribution is -2.47. The molecule has 0 aromatic heterocycles. The molecule has 0 aromatic carbocycles. The van der Waals surface area contributed by atoms with Crippen LogP contribution >= 0.6 is 7.82 Å². The van der Waals surface area contributed by atoms with Crippen LogP contribution in [0.3, 0.4) is 0 Å². The molecule has 0 rings (SSSR count). The molecular weight excluding hydrogens is 796 g/mol. The Morgan fingerprint density at radius 2 is 1.02 bits per heavy atom. The minimum Gasteiger partial charge on any atom is -0.456 e. The van der Waals surface area contributed by atoms with Crippen LogP contribution in [0.5, 0.6) is 0 Å². The van der Waals surface area contributed by atoms with Crippen molar-refractivity contribution >= 4 is 19.7 Å². The summed E-state index contributed by atoms with van der Waals surface area (Å²) >= 11 is 0. The molecule has 2 N–H and O–H groups in total. The van der Waals surface area contributed by atoms with Gasteiger partial charge in [0.2, 0.25) is 5.91 Å². The smallest absolute Gasteiger partial charge is 0.456 e. The van der Waals surface area contributed by atoms with Gasteiger partial charge < -0.3 is 19.4 Å². The zero-order valence-electron chi connectivity index (χ0n) is 41.1. The number of ether oxygens (including phenoxy) is 1. The lowest BCUT2D eigenvalue weighted by molar-refractivity contribution is -0.870. The van der Waals surface area contributed by atoms with E-state index in [-0.39, 0.29) is 25.5 Å². The molecule has 0 aromatic rings. The maximum absolute atomic E-state index is 13.4. The van der Waals surface area contributed by atoms with Gasteiger partial charge in [-0.1, -0.05) is 185 Å². The number of hydrogen-bond acceptors (Lipinski definition) is 6. The number of carbonyl (C=O) groups is 2.